The second kappa shape index (κ2) is 5.61. The molecule has 2 nitrogen and oxygen atoms in total. The Morgan fingerprint density at radius 3 is 2.63 bits per heavy atom. The average Bonchev–Trinajstić information content (AvgIpc) is 2.86. The fourth-order valence-corrected chi connectivity index (χ4v) is 3.29. The molecule has 0 aliphatic heterocycles. The van der Waals surface area contributed by atoms with Gasteiger partial charge < -0.3 is 5.32 Å². The van der Waals surface area contributed by atoms with Crippen LogP contribution in [0.4, 0.5) is 10.1 Å². The van der Waals surface area contributed by atoms with Gasteiger partial charge >= 0.3 is 0 Å². The van der Waals surface area contributed by atoms with Crippen molar-refractivity contribution in [3.63, 3.8) is 0 Å². The van der Waals surface area contributed by atoms with Crippen molar-refractivity contribution in [1.29, 1.82) is 0 Å². The van der Waals surface area contributed by atoms with E-state index >= 15 is 0 Å². The maximum Gasteiger partial charge on any atom is 0.230 e. The number of nitrogens with one attached hydrogen (secondary N) is 1. The lowest BCUT2D eigenvalue weighted by atomic mass is 9.82. The molecule has 1 N–H and O–H groups in total. The van der Waals surface area contributed by atoms with Gasteiger partial charge in [-0.25, -0.2) is 4.39 Å². The Labute approximate surface area is 121 Å². The van der Waals surface area contributed by atoms with Gasteiger partial charge in [-0.05, 0) is 59.8 Å². The zero-order valence-electron chi connectivity index (χ0n) is 11.4. The lowest BCUT2D eigenvalue weighted by Crippen LogP contribution is -2.33. The van der Waals surface area contributed by atoms with E-state index in [1.807, 2.05) is 6.92 Å². The number of hydrogen-bond donors (Lipinski definition) is 1. The third kappa shape index (κ3) is 2.83. The quantitative estimate of drug-likeness (QED) is 0.848. The fraction of sp³-hybridized carbons (Fsp3) is 0.533. The maximum absolute atomic E-state index is 13.6. The van der Waals surface area contributed by atoms with E-state index in [0.29, 0.717) is 10.2 Å². The first-order chi connectivity index (χ1) is 8.98. The predicted molar refractivity (Wildman–Crippen MR) is 78.7 cm³/mol. The number of halogens is 2. The Balaban J connectivity index is 2.21. The van der Waals surface area contributed by atoms with Gasteiger partial charge in [0.25, 0.3) is 0 Å². The molecule has 0 bridgehead atoms. The second-order valence-corrected chi connectivity index (χ2v) is 6.23. The molecule has 1 fully saturated rings. The van der Waals surface area contributed by atoms with Crippen LogP contribution in [-0.2, 0) is 4.79 Å². The molecule has 1 aliphatic rings. The molecule has 1 aromatic rings. The minimum absolute atomic E-state index is 0.0392. The summed E-state index contributed by atoms with van der Waals surface area (Å²) in [6, 6.07) is 3.08. The molecule has 1 aliphatic carbocycles. The number of carbonyl (C=O) groups is 1. The average molecular weight is 328 g/mol. The van der Waals surface area contributed by atoms with Gasteiger partial charge in [0, 0.05) is 11.1 Å². The van der Waals surface area contributed by atoms with E-state index in [2.05, 4.69) is 28.2 Å². The van der Waals surface area contributed by atoms with Gasteiger partial charge in [-0.3, -0.25) is 4.79 Å². The van der Waals surface area contributed by atoms with Crippen LogP contribution in [0.5, 0.6) is 0 Å². The molecule has 1 saturated carbocycles. The van der Waals surface area contributed by atoms with E-state index in [0.717, 1.165) is 37.7 Å². The summed E-state index contributed by atoms with van der Waals surface area (Å²) in [4.78, 5) is 12.5. The highest BCUT2D eigenvalue weighted by Gasteiger charge is 2.39. The number of rotatable bonds is 3. The van der Waals surface area contributed by atoms with Crippen molar-refractivity contribution in [3.05, 3.63) is 28.0 Å². The van der Waals surface area contributed by atoms with Crippen LogP contribution in [-0.4, -0.2) is 5.91 Å². The predicted octanol–water partition coefficient (Wildman–Crippen LogP) is 4.81. The van der Waals surface area contributed by atoms with Crippen molar-refractivity contribution >= 4 is 27.5 Å². The molecule has 0 saturated heterocycles. The summed E-state index contributed by atoms with van der Waals surface area (Å²) in [6.45, 7) is 3.92. The molecule has 1 aromatic carbocycles. The summed E-state index contributed by atoms with van der Waals surface area (Å²) in [7, 11) is 0. The molecule has 4 heteroatoms. The molecule has 0 aromatic heterocycles. The van der Waals surface area contributed by atoms with Crippen molar-refractivity contribution in [3.8, 4) is 0 Å². The van der Waals surface area contributed by atoms with Crippen LogP contribution in [0.1, 0.15) is 44.6 Å². The van der Waals surface area contributed by atoms with E-state index in [1.54, 1.807) is 6.07 Å². The zero-order valence-corrected chi connectivity index (χ0v) is 12.9. The van der Waals surface area contributed by atoms with Crippen molar-refractivity contribution in [2.75, 3.05) is 5.32 Å². The van der Waals surface area contributed by atoms with Crippen molar-refractivity contribution in [1.82, 2.24) is 0 Å². The molecular formula is C15H19BrFNO. The first kappa shape index (κ1) is 14.5. The first-order valence-corrected chi connectivity index (χ1v) is 7.55. The van der Waals surface area contributed by atoms with E-state index in [1.165, 1.54) is 6.07 Å². The van der Waals surface area contributed by atoms with Gasteiger partial charge in [0.1, 0.15) is 5.82 Å². The van der Waals surface area contributed by atoms with Crippen LogP contribution in [0, 0.1) is 18.2 Å². The van der Waals surface area contributed by atoms with E-state index in [-0.39, 0.29) is 17.1 Å². The Kier molecular flexibility index (Phi) is 4.29. The second-order valence-electron chi connectivity index (χ2n) is 5.38. The molecular weight excluding hydrogens is 309 g/mol. The molecule has 19 heavy (non-hydrogen) atoms. The lowest BCUT2D eigenvalue weighted by molar-refractivity contribution is -0.125. The molecule has 2 rings (SSSR count). The van der Waals surface area contributed by atoms with Crippen molar-refractivity contribution in [2.45, 2.75) is 46.0 Å². The van der Waals surface area contributed by atoms with Crippen LogP contribution in [0.3, 0.4) is 0 Å². The fourth-order valence-electron chi connectivity index (χ4n) is 2.83. The summed E-state index contributed by atoms with van der Waals surface area (Å²) in [5, 5.41) is 2.91. The molecule has 0 radical (unpaired) electrons. The first-order valence-electron chi connectivity index (χ1n) is 6.75. The normalized spacial score (nSPS) is 17.5. The molecule has 0 heterocycles. The third-order valence-corrected chi connectivity index (χ3v) is 4.84. The van der Waals surface area contributed by atoms with Crippen molar-refractivity contribution < 1.29 is 9.18 Å². The number of amides is 1. The van der Waals surface area contributed by atoms with Crippen LogP contribution in [0.2, 0.25) is 0 Å². The van der Waals surface area contributed by atoms with Gasteiger partial charge in [-0.15, -0.1) is 0 Å². The minimum Gasteiger partial charge on any atom is -0.325 e. The highest BCUT2D eigenvalue weighted by molar-refractivity contribution is 9.10. The smallest absolute Gasteiger partial charge is 0.230 e. The number of aryl methyl sites for hydroxylation is 1. The highest BCUT2D eigenvalue weighted by Crippen LogP contribution is 2.42. The van der Waals surface area contributed by atoms with Gasteiger partial charge in [0.05, 0.1) is 4.47 Å². The van der Waals surface area contributed by atoms with E-state index < -0.39 is 0 Å². The largest absolute Gasteiger partial charge is 0.325 e. The summed E-state index contributed by atoms with van der Waals surface area (Å²) < 4.78 is 14.0. The van der Waals surface area contributed by atoms with Crippen LogP contribution in [0.25, 0.3) is 0 Å². The Bertz CT molecular complexity index is 495. The number of benzene rings is 1. The monoisotopic (exact) mass is 327 g/mol. The summed E-state index contributed by atoms with van der Waals surface area (Å²) in [5.41, 5.74) is 1.19. The number of anilines is 1. The van der Waals surface area contributed by atoms with Gasteiger partial charge in [-0.2, -0.15) is 0 Å². The highest BCUT2D eigenvalue weighted by atomic mass is 79.9. The SMILES string of the molecule is CCC1(C(=O)Nc2cc(F)c(Br)cc2C)CCCC1. The van der Waals surface area contributed by atoms with E-state index in [9.17, 15) is 9.18 Å². The third-order valence-electron chi connectivity index (χ3n) is 4.23. The van der Waals surface area contributed by atoms with E-state index in [4.69, 9.17) is 0 Å². The lowest BCUT2D eigenvalue weighted by Gasteiger charge is -2.26. The summed E-state index contributed by atoms with van der Waals surface area (Å²) in [6.07, 6.45) is 4.93. The molecule has 0 unspecified atom stereocenters. The minimum atomic E-state index is -0.349. The molecule has 1 amide bonds. The van der Waals surface area contributed by atoms with Gasteiger partial charge in [0.15, 0.2) is 0 Å². The zero-order chi connectivity index (χ0) is 14.0. The summed E-state index contributed by atoms with van der Waals surface area (Å²) >= 11 is 3.15. The number of carbonyl (C=O) groups excluding carboxylic acids is 1. The Morgan fingerprint density at radius 1 is 1.42 bits per heavy atom. The van der Waals surface area contributed by atoms with Crippen LogP contribution >= 0.6 is 15.9 Å². The van der Waals surface area contributed by atoms with Gasteiger partial charge in [0.2, 0.25) is 5.91 Å². The maximum atomic E-state index is 13.6. The molecule has 104 valence electrons. The topological polar surface area (TPSA) is 29.1 Å². The summed E-state index contributed by atoms with van der Waals surface area (Å²) in [5.74, 6) is -0.310. The van der Waals surface area contributed by atoms with Crippen molar-refractivity contribution in [2.24, 2.45) is 5.41 Å². The van der Waals surface area contributed by atoms with Gasteiger partial charge in [-0.1, -0.05) is 19.8 Å². The number of hydrogen-bond acceptors (Lipinski definition) is 1. The van der Waals surface area contributed by atoms with Crippen LogP contribution < -0.4 is 5.32 Å². The molecule has 0 atom stereocenters. The Hall–Kier alpha value is -0.900. The standard InChI is InChI=1S/C15H19BrFNO/c1-3-15(6-4-5-7-15)14(19)18-13-9-12(17)11(16)8-10(13)2/h8-9H,3-7H2,1-2H3,(H,18,19). The van der Waals surface area contributed by atoms with Crippen LogP contribution in [0.15, 0.2) is 16.6 Å². The Morgan fingerprint density at radius 2 is 2.05 bits per heavy atom. The molecule has 0 spiro atoms.